The van der Waals surface area contributed by atoms with Crippen molar-refractivity contribution in [3.05, 3.63) is 34.9 Å². The minimum Gasteiger partial charge on any atom is -0.311 e. The normalized spacial score (nSPS) is 19.1. The van der Waals surface area contributed by atoms with Crippen LogP contribution in [0.25, 0.3) is 10.9 Å². The average Bonchev–Trinajstić information content (AvgIpc) is 2.76. The fourth-order valence-corrected chi connectivity index (χ4v) is 4.43. The number of hydrogen-bond donors (Lipinski definition) is 0. The van der Waals surface area contributed by atoms with Crippen LogP contribution in [0.3, 0.4) is 0 Å². The maximum absolute atomic E-state index is 12.3. The smallest absolute Gasteiger partial charge is 0.232 e. The average molecular weight is 404 g/mol. The van der Waals surface area contributed by atoms with Crippen LogP contribution in [-0.4, -0.2) is 31.6 Å². The molecule has 1 atom stereocenters. The fraction of sp³-hybridized carbons (Fsp3) is 0.286. The summed E-state index contributed by atoms with van der Waals surface area (Å²) in [4.78, 5) is 18.2. The maximum atomic E-state index is 12.3. The highest BCUT2D eigenvalue weighted by atomic mass is 79.9. The summed E-state index contributed by atoms with van der Waals surface area (Å²) in [6.45, 7) is 0.344. The molecule has 116 valence electrons. The SMILES string of the molecule is O=C1CC(CS(=O)(=O)Cl)CN1c1ccnc2ccc(Br)cc12. The number of rotatable bonds is 3. The van der Waals surface area contributed by atoms with Gasteiger partial charge in [0.2, 0.25) is 15.0 Å². The molecule has 1 aromatic carbocycles. The summed E-state index contributed by atoms with van der Waals surface area (Å²) in [7, 11) is 1.68. The molecule has 1 saturated heterocycles. The van der Waals surface area contributed by atoms with Gasteiger partial charge in [-0.2, -0.15) is 0 Å². The van der Waals surface area contributed by atoms with Crippen LogP contribution in [0.15, 0.2) is 34.9 Å². The van der Waals surface area contributed by atoms with Gasteiger partial charge in [0, 0.05) is 45.6 Å². The van der Waals surface area contributed by atoms with Gasteiger partial charge in [0.05, 0.1) is 17.0 Å². The number of benzene rings is 1. The van der Waals surface area contributed by atoms with Gasteiger partial charge in [0.1, 0.15) is 0 Å². The summed E-state index contributed by atoms with van der Waals surface area (Å²) >= 11 is 3.41. The third-order valence-corrected chi connectivity index (χ3v) is 5.35. The van der Waals surface area contributed by atoms with Crippen molar-refractivity contribution in [1.82, 2.24) is 4.98 Å². The van der Waals surface area contributed by atoms with Gasteiger partial charge in [-0.05, 0) is 24.3 Å². The van der Waals surface area contributed by atoms with E-state index in [1.807, 2.05) is 18.2 Å². The zero-order valence-corrected chi connectivity index (χ0v) is 14.5. The van der Waals surface area contributed by atoms with Crippen LogP contribution in [0.1, 0.15) is 6.42 Å². The number of carbonyl (C=O) groups excluding carboxylic acids is 1. The van der Waals surface area contributed by atoms with Gasteiger partial charge in [0.15, 0.2) is 0 Å². The first-order chi connectivity index (χ1) is 10.3. The molecule has 5 nitrogen and oxygen atoms in total. The molecular weight excluding hydrogens is 392 g/mol. The van der Waals surface area contributed by atoms with Crippen molar-refractivity contribution in [2.75, 3.05) is 17.2 Å². The lowest BCUT2D eigenvalue weighted by molar-refractivity contribution is -0.117. The molecular formula is C14H12BrClN2O3S. The van der Waals surface area contributed by atoms with E-state index in [-0.39, 0.29) is 24.0 Å². The Morgan fingerprint density at radius 3 is 2.86 bits per heavy atom. The summed E-state index contributed by atoms with van der Waals surface area (Å²) in [5.74, 6) is -0.577. The standard InChI is InChI=1S/C14H12BrClN2O3S/c15-10-1-2-12-11(6-10)13(3-4-17-12)18-7-9(5-14(18)19)8-22(16,20)21/h1-4,6,9H,5,7-8H2. The van der Waals surface area contributed by atoms with E-state index >= 15 is 0 Å². The van der Waals surface area contributed by atoms with Crippen molar-refractivity contribution in [2.45, 2.75) is 6.42 Å². The number of hydrogen-bond acceptors (Lipinski definition) is 4. The number of pyridine rings is 1. The number of nitrogens with zero attached hydrogens (tertiary/aromatic N) is 2. The molecule has 1 aliphatic rings. The van der Waals surface area contributed by atoms with Gasteiger partial charge in [-0.15, -0.1) is 0 Å². The Morgan fingerprint density at radius 2 is 2.14 bits per heavy atom. The minimum atomic E-state index is -3.61. The highest BCUT2D eigenvalue weighted by Crippen LogP contribution is 2.32. The number of amides is 1. The lowest BCUT2D eigenvalue weighted by atomic mass is 10.1. The second-order valence-electron chi connectivity index (χ2n) is 5.27. The summed E-state index contributed by atoms with van der Waals surface area (Å²) in [6.07, 6.45) is 1.83. The second kappa shape index (κ2) is 5.79. The van der Waals surface area contributed by atoms with Crippen LogP contribution in [0.5, 0.6) is 0 Å². The molecule has 0 aliphatic carbocycles. The number of fused-ring (bicyclic) bond motifs is 1. The van der Waals surface area contributed by atoms with Gasteiger partial charge in [-0.3, -0.25) is 9.78 Å². The zero-order chi connectivity index (χ0) is 15.9. The van der Waals surface area contributed by atoms with E-state index in [9.17, 15) is 13.2 Å². The van der Waals surface area contributed by atoms with Gasteiger partial charge >= 0.3 is 0 Å². The molecule has 8 heteroatoms. The highest BCUT2D eigenvalue weighted by Gasteiger charge is 2.33. The minimum absolute atomic E-state index is 0.0993. The summed E-state index contributed by atoms with van der Waals surface area (Å²) in [5.41, 5.74) is 1.52. The van der Waals surface area contributed by atoms with E-state index in [4.69, 9.17) is 10.7 Å². The van der Waals surface area contributed by atoms with Gasteiger partial charge in [-0.25, -0.2) is 8.42 Å². The van der Waals surface area contributed by atoms with Crippen molar-refractivity contribution in [3.8, 4) is 0 Å². The Morgan fingerprint density at radius 1 is 1.36 bits per heavy atom. The molecule has 0 bridgehead atoms. The van der Waals surface area contributed by atoms with Crippen molar-refractivity contribution >= 4 is 58.2 Å². The van der Waals surface area contributed by atoms with E-state index in [0.29, 0.717) is 6.54 Å². The molecule has 22 heavy (non-hydrogen) atoms. The predicted octanol–water partition coefficient (Wildman–Crippen LogP) is 2.92. The number of halogens is 2. The third-order valence-electron chi connectivity index (χ3n) is 3.61. The molecule has 1 aromatic heterocycles. The first-order valence-corrected chi connectivity index (χ1v) is 9.87. The lowest BCUT2D eigenvalue weighted by Gasteiger charge is -2.18. The topological polar surface area (TPSA) is 67.3 Å². The number of aromatic nitrogens is 1. The highest BCUT2D eigenvalue weighted by molar-refractivity contribution is 9.10. The molecule has 1 aliphatic heterocycles. The Bertz CT molecular complexity index is 856. The van der Waals surface area contributed by atoms with Gasteiger partial charge in [0.25, 0.3) is 0 Å². The molecule has 1 amide bonds. The molecule has 2 heterocycles. The Labute approximate surface area is 140 Å². The van der Waals surface area contributed by atoms with E-state index < -0.39 is 9.05 Å². The Hall–Kier alpha value is -1.18. The second-order valence-corrected chi connectivity index (χ2v) is 9.01. The maximum Gasteiger partial charge on any atom is 0.232 e. The van der Waals surface area contributed by atoms with E-state index in [2.05, 4.69) is 20.9 Å². The van der Waals surface area contributed by atoms with Crippen molar-refractivity contribution in [1.29, 1.82) is 0 Å². The van der Waals surface area contributed by atoms with Crippen LogP contribution in [-0.2, 0) is 13.8 Å². The largest absolute Gasteiger partial charge is 0.311 e. The Balaban J connectivity index is 1.98. The zero-order valence-electron chi connectivity index (χ0n) is 11.4. The van der Waals surface area contributed by atoms with Gasteiger partial charge < -0.3 is 4.90 Å². The molecule has 0 N–H and O–H groups in total. The monoisotopic (exact) mass is 402 g/mol. The van der Waals surface area contributed by atoms with E-state index in [1.54, 1.807) is 17.2 Å². The lowest BCUT2D eigenvalue weighted by Crippen LogP contribution is -2.25. The molecule has 1 fully saturated rings. The van der Waals surface area contributed by atoms with E-state index in [0.717, 1.165) is 21.1 Å². The molecule has 0 spiro atoms. The first kappa shape index (κ1) is 15.7. The fourth-order valence-electron chi connectivity index (χ4n) is 2.75. The molecule has 0 radical (unpaired) electrons. The van der Waals surface area contributed by atoms with Crippen LogP contribution in [0, 0.1) is 5.92 Å². The third kappa shape index (κ3) is 3.26. The molecule has 0 saturated carbocycles. The quantitative estimate of drug-likeness (QED) is 0.739. The van der Waals surface area contributed by atoms with Gasteiger partial charge in [-0.1, -0.05) is 15.9 Å². The summed E-state index contributed by atoms with van der Waals surface area (Å²) in [6, 6.07) is 7.42. The van der Waals surface area contributed by atoms with Crippen LogP contribution >= 0.6 is 26.6 Å². The van der Waals surface area contributed by atoms with Crippen molar-refractivity contribution < 1.29 is 13.2 Å². The molecule has 1 unspecified atom stereocenters. The number of carbonyl (C=O) groups is 1. The number of anilines is 1. The van der Waals surface area contributed by atoms with Crippen LogP contribution in [0.4, 0.5) is 5.69 Å². The predicted molar refractivity (Wildman–Crippen MR) is 89.5 cm³/mol. The summed E-state index contributed by atoms with van der Waals surface area (Å²) < 4.78 is 23.3. The Kier molecular flexibility index (Phi) is 4.13. The molecule has 2 aromatic rings. The van der Waals surface area contributed by atoms with Crippen molar-refractivity contribution in [3.63, 3.8) is 0 Å². The van der Waals surface area contributed by atoms with E-state index in [1.165, 1.54) is 0 Å². The summed E-state index contributed by atoms with van der Waals surface area (Å²) in [5, 5.41) is 0.847. The van der Waals surface area contributed by atoms with Crippen LogP contribution < -0.4 is 4.90 Å². The molecule has 3 rings (SSSR count). The van der Waals surface area contributed by atoms with Crippen LogP contribution in [0.2, 0.25) is 0 Å². The first-order valence-electron chi connectivity index (χ1n) is 6.60. The van der Waals surface area contributed by atoms with Crippen molar-refractivity contribution in [2.24, 2.45) is 5.92 Å².